The third-order valence-electron chi connectivity index (χ3n) is 2.76. The molecule has 17 heavy (non-hydrogen) atoms. The molecule has 2 heterocycles. The molecule has 1 aliphatic rings. The molecule has 92 valence electrons. The Morgan fingerprint density at radius 1 is 1.41 bits per heavy atom. The summed E-state index contributed by atoms with van der Waals surface area (Å²) >= 11 is 1.21. The van der Waals surface area contributed by atoms with E-state index in [-0.39, 0.29) is 5.91 Å². The quantitative estimate of drug-likeness (QED) is 0.750. The summed E-state index contributed by atoms with van der Waals surface area (Å²) in [5, 5.41) is 0.414. The standard InChI is InChI=1S/C10H14N4O2S/c1-7-8(17-10(11)12-7)9(16)14-4-2-13(6-15)3-5-14/h6H,2-5H2,1H3,(H2,11,12). The van der Waals surface area contributed by atoms with Crippen LogP contribution in [0.15, 0.2) is 0 Å². The van der Waals surface area contributed by atoms with Crippen molar-refractivity contribution in [2.75, 3.05) is 31.9 Å². The number of carbonyl (C=O) groups excluding carboxylic acids is 2. The molecule has 1 fully saturated rings. The summed E-state index contributed by atoms with van der Waals surface area (Å²) < 4.78 is 0. The number of rotatable bonds is 2. The highest BCUT2D eigenvalue weighted by Gasteiger charge is 2.24. The number of piperazine rings is 1. The highest BCUT2D eigenvalue weighted by molar-refractivity contribution is 7.17. The molecule has 0 atom stereocenters. The molecule has 0 saturated carbocycles. The summed E-state index contributed by atoms with van der Waals surface area (Å²) in [5.74, 6) is -0.0396. The Morgan fingerprint density at radius 2 is 2.06 bits per heavy atom. The highest BCUT2D eigenvalue weighted by atomic mass is 32.1. The van der Waals surface area contributed by atoms with E-state index in [1.807, 2.05) is 0 Å². The topological polar surface area (TPSA) is 79.5 Å². The summed E-state index contributed by atoms with van der Waals surface area (Å²) in [5.41, 5.74) is 6.25. The smallest absolute Gasteiger partial charge is 0.266 e. The lowest BCUT2D eigenvalue weighted by atomic mass is 10.3. The zero-order valence-corrected chi connectivity index (χ0v) is 10.4. The largest absolute Gasteiger partial charge is 0.375 e. The molecular weight excluding hydrogens is 240 g/mol. The fourth-order valence-electron chi connectivity index (χ4n) is 1.79. The second-order valence-electron chi connectivity index (χ2n) is 3.90. The van der Waals surface area contributed by atoms with Gasteiger partial charge >= 0.3 is 0 Å². The molecule has 6 nitrogen and oxygen atoms in total. The van der Waals surface area contributed by atoms with E-state index in [1.165, 1.54) is 11.3 Å². The van der Waals surface area contributed by atoms with E-state index in [1.54, 1.807) is 16.7 Å². The van der Waals surface area contributed by atoms with Crippen molar-refractivity contribution in [2.24, 2.45) is 0 Å². The van der Waals surface area contributed by atoms with Crippen molar-refractivity contribution in [3.63, 3.8) is 0 Å². The molecule has 2 rings (SSSR count). The number of thiazole rings is 1. The van der Waals surface area contributed by atoms with Crippen LogP contribution in [-0.2, 0) is 4.79 Å². The number of anilines is 1. The van der Waals surface area contributed by atoms with Crippen molar-refractivity contribution < 1.29 is 9.59 Å². The molecule has 0 aromatic carbocycles. The van der Waals surface area contributed by atoms with E-state index >= 15 is 0 Å². The minimum Gasteiger partial charge on any atom is -0.375 e. The van der Waals surface area contributed by atoms with Gasteiger partial charge in [-0.15, -0.1) is 0 Å². The van der Waals surface area contributed by atoms with E-state index in [0.29, 0.717) is 41.9 Å². The van der Waals surface area contributed by atoms with E-state index in [0.717, 1.165) is 6.41 Å². The second kappa shape index (κ2) is 4.70. The second-order valence-corrected chi connectivity index (χ2v) is 4.93. The Labute approximate surface area is 103 Å². The van der Waals surface area contributed by atoms with Crippen LogP contribution in [0.2, 0.25) is 0 Å². The summed E-state index contributed by atoms with van der Waals surface area (Å²) in [6.45, 7) is 4.08. The number of aryl methyl sites for hydroxylation is 1. The van der Waals surface area contributed by atoms with Gasteiger partial charge in [0.2, 0.25) is 6.41 Å². The number of hydrogen-bond acceptors (Lipinski definition) is 5. The first-order valence-corrected chi connectivity index (χ1v) is 6.15. The van der Waals surface area contributed by atoms with Crippen LogP contribution >= 0.6 is 11.3 Å². The van der Waals surface area contributed by atoms with Crippen LogP contribution in [0.4, 0.5) is 5.13 Å². The maximum atomic E-state index is 12.2. The van der Waals surface area contributed by atoms with Crippen molar-refractivity contribution in [1.29, 1.82) is 0 Å². The minimum absolute atomic E-state index is 0.0396. The minimum atomic E-state index is -0.0396. The number of nitrogen functional groups attached to an aromatic ring is 1. The van der Waals surface area contributed by atoms with Crippen molar-refractivity contribution in [3.8, 4) is 0 Å². The van der Waals surface area contributed by atoms with Gasteiger partial charge in [0, 0.05) is 26.2 Å². The van der Waals surface area contributed by atoms with Gasteiger partial charge in [0.25, 0.3) is 5.91 Å². The summed E-state index contributed by atoms with van der Waals surface area (Å²) in [7, 11) is 0. The Hall–Kier alpha value is -1.63. The van der Waals surface area contributed by atoms with Gasteiger partial charge in [-0.05, 0) is 6.92 Å². The first-order valence-electron chi connectivity index (χ1n) is 5.33. The molecule has 7 heteroatoms. The summed E-state index contributed by atoms with van der Waals surface area (Å²) in [6, 6.07) is 0. The van der Waals surface area contributed by atoms with Crippen LogP contribution in [0, 0.1) is 6.92 Å². The van der Waals surface area contributed by atoms with Gasteiger partial charge in [-0.2, -0.15) is 0 Å². The maximum absolute atomic E-state index is 12.2. The molecule has 2 amide bonds. The third kappa shape index (κ3) is 2.38. The zero-order chi connectivity index (χ0) is 12.4. The maximum Gasteiger partial charge on any atom is 0.266 e. The van der Waals surface area contributed by atoms with Crippen LogP contribution in [0.5, 0.6) is 0 Å². The van der Waals surface area contributed by atoms with Crippen LogP contribution in [-0.4, -0.2) is 53.3 Å². The zero-order valence-electron chi connectivity index (χ0n) is 9.55. The Morgan fingerprint density at radius 3 is 2.53 bits per heavy atom. The van der Waals surface area contributed by atoms with Crippen LogP contribution in [0.3, 0.4) is 0 Å². The average molecular weight is 254 g/mol. The molecule has 1 aliphatic heterocycles. The Bertz CT molecular complexity index is 438. The van der Waals surface area contributed by atoms with Crippen molar-refractivity contribution in [2.45, 2.75) is 6.92 Å². The predicted molar refractivity (Wildman–Crippen MR) is 64.8 cm³/mol. The SMILES string of the molecule is Cc1nc(N)sc1C(=O)N1CCN(C=O)CC1. The monoisotopic (exact) mass is 254 g/mol. The van der Waals surface area contributed by atoms with E-state index in [2.05, 4.69) is 4.98 Å². The Kier molecular flexibility index (Phi) is 3.28. The van der Waals surface area contributed by atoms with Crippen molar-refractivity contribution in [3.05, 3.63) is 10.6 Å². The van der Waals surface area contributed by atoms with Crippen molar-refractivity contribution in [1.82, 2.24) is 14.8 Å². The molecule has 0 aliphatic carbocycles. The van der Waals surface area contributed by atoms with E-state index in [4.69, 9.17) is 5.73 Å². The first-order chi connectivity index (χ1) is 8.11. The summed E-state index contributed by atoms with van der Waals surface area (Å²) in [4.78, 5) is 30.8. The highest BCUT2D eigenvalue weighted by Crippen LogP contribution is 2.21. The van der Waals surface area contributed by atoms with Gasteiger partial charge < -0.3 is 15.5 Å². The van der Waals surface area contributed by atoms with Gasteiger partial charge in [-0.1, -0.05) is 11.3 Å². The number of amides is 2. The fraction of sp³-hybridized carbons (Fsp3) is 0.500. The first kappa shape index (κ1) is 11.8. The molecule has 1 saturated heterocycles. The number of nitrogens with zero attached hydrogens (tertiary/aromatic N) is 3. The van der Waals surface area contributed by atoms with Crippen LogP contribution in [0.1, 0.15) is 15.4 Å². The number of carbonyl (C=O) groups is 2. The van der Waals surface area contributed by atoms with Crippen molar-refractivity contribution >= 4 is 28.8 Å². The Balaban J connectivity index is 2.06. The normalized spacial score (nSPS) is 16.1. The number of nitrogens with two attached hydrogens (primary N) is 1. The van der Waals surface area contributed by atoms with Crippen LogP contribution < -0.4 is 5.73 Å². The molecule has 2 N–H and O–H groups in total. The van der Waals surface area contributed by atoms with E-state index in [9.17, 15) is 9.59 Å². The molecular formula is C10H14N4O2S. The fourth-order valence-corrected chi connectivity index (χ4v) is 2.59. The van der Waals surface area contributed by atoms with Gasteiger partial charge in [0.1, 0.15) is 4.88 Å². The average Bonchev–Trinajstić information content (AvgIpc) is 2.68. The summed E-state index contributed by atoms with van der Waals surface area (Å²) in [6.07, 6.45) is 0.817. The van der Waals surface area contributed by atoms with Gasteiger partial charge in [-0.25, -0.2) is 4.98 Å². The van der Waals surface area contributed by atoms with Crippen LogP contribution in [0.25, 0.3) is 0 Å². The third-order valence-corrected chi connectivity index (χ3v) is 3.73. The number of aromatic nitrogens is 1. The molecule has 0 spiro atoms. The lowest BCUT2D eigenvalue weighted by Gasteiger charge is -2.32. The molecule has 1 aromatic heterocycles. The number of hydrogen-bond donors (Lipinski definition) is 1. The molecule has 0 bridgehead atoms. The van der Waals surface area contributed by atoms with Gasteiger partial charge in [0.15, 0.2) is 5.13 Å². The predicted octanol–water partition coefficient (Wildman–Crippen LogP) is -0.0521. The molecule has 1 aromatic rings. The van der Waals surface area contributed by atoms with Gasteiger partial charge in [-0.3, -0.25) is 9.59 Å². The van der Waals surface area contributed by atoms with Gasteiger partial charge in [0.05, 0.1) is 5.69 Å². The molecule has 0 unspecified atom stereocenters. The molecule has 0 radical (unpaired) electrons. The lowest BCUT2D eigenvalue weighted by molar-refractivity contribution is -0.119. The lowest BCUT2D eigenvalue weighted by Crippen LogP contribution is -2.48. The van der Waals surface area contributed by atoms with E-state index < -0.39 is 0 Å².